The molecule has 0 heterocycles. The summed E-state index contributed by atoms with van der Waals surface area (Å²) in [5, 5.41) is 8.25. The van der Waals surface area contributed by atoms with Crippen LogP contribution in [-0.4, -0.2) is 24.5 Å². The van der Waals surface area contributed by atoms with Gasteiger partial charge in [-0.25, -0.2) is 0 Å². The Balaban J connectivity index is 3.23. The first-order valence-electron chi connectivity index (χ1n) is 3.75. The summed E-state index contributed by atoms with van der Waals surface area (Å²) in [6.07, 6.45) is 1.67. The molecule has 0 saturated heterocycles. The summed E-state index contributed by atoms with van der Waals surface area (Å²) in [7, 11) is 2.09. The molecule has 0 aliphatic carbocycles. The van der Waals surface area contributed by atoms with E-state index >= 15 is 0 Å². The van der Waals surface area contributed by atoms with Crippen molar-refractivity contribution >= 4 is 0 Å². The molecule has 0 aromatic rings. The number of unbranched alkanes of at least 4 members (excludes halogenated alkanes) is 1. The van der Waals surface area contributed by atoms with Gasteiger partial charge in [-0.3, -0.25) is 0 Å². The molecule has 2 nitrogen and oxygen atoms in total. The Bertz CT molecular complexity index is 113. The number of hydrogen-bond acceptors (Lipinski definition) is 2. The number of hydrogen-bond donors (Lipinski definition) is 0. The minimum atomic E-state index is 0.596. The van der Waals surface area contributed by atoms with Gasteiger partial charge in [-0.05, 0) is 33.9 Å². The first-order chi connectivity index (χ1) is 4.68. The van der Waals surface area contributed by atoms with Crippen molar-refractivity contribution in [2.75, 3.05) is 13.6 Å². The lowest BCUT2D eigenvalue weighted by Gasteiger charge is -2.19. The fourth-order valence-electron chi connectivity index (χ4n) is 0.666. The fourth-order valence-corrected chi connectivity index (χ4v) is 0.666. The SMILES string of the molecule is CC(C)N(C)CCCC#N. The van der Waals surface area contributed by atoms with Crippen LogP contribution in [0, 0.1) is 11.3 Å². The molecule has 0 rings (SSSR count). The van der Waals surface area contributed by atoms with Gasteiger partial charge in [0, 0.05) is 12.5 Å². The standard InChI is InChI=1S/C8H16N2/c1-8(2)10(3)7-5-4-6-9/h8H,4-5,7H2,1-3H3. The molecule has 0 N–H and O–H groups in total. The van der Waals surface area contributed by atoms with Gasteiger partial charge < -0.3 is 4.90 Å². The molecule has 0 fully saturated rings. The van der Waals surface area contributed by atoms with E-state index in [4.69, 9.17) is 5.26 Å². The van der Waals surface area contributed by atoms with Gasteiger partial charge >= 0.3 is 0 Å². The molecule has 0 bridgehead atoms. The molecule has 0 aromatic carbocycles. The molecule has 0 aliphatic rings. The Morgan fingerprint density at radius 1 is 1.50 bits per heavy atom. The lowest BCUT2D eigenvalue weighted by molar-refractivity contribution is 0.272. The van der Waals surface area contributed by atoms with Crippen LogP contribution >= 0.6 is 0 Å². The second kappa shape index (κ2) is 5.25. The zero-order chi connectivity index (χ0) is 7.98. The van der Waals surface area contributed by atoms with Gasteiger partial charge in [0.2, 0.25) is 0 Å². The molecule has 2 heteroatoms. The smallest absolute Gasteiger partial charge is 0.0622 e. The van der Waals surface area contributed by atoms with Crippen LogP contribution in [0.3, 0.4) is 0 Å². The highest BCUT2D eigenvalue weighted by Gasteiger charge is 2.00. The normalized spacial score (nSPS) is 10.4. The van der Waals surface area contributed by atoms with E-state index in [1.807, 2.05) is 0 Å². The Kier molecular flexibility index (Phi) is 4.96. The third-order valence-electron chi connectivity index (χ3n) is 1.68. The van der Waals surface area contributed by atoms with E-state index in [0.29, 0.717) is 12.5 Å². The van der Waals surface area contributed by atoms with Gasteiger partial charge in [0.15, 0.2) is 0 Å². The number of nitriles is 1. The van der Waals surface area contributed by atoms with Crippen molar-refractivity contribution in [3.8, 4) is 6.07 Å². The van der Waals surface area contributed by atoms with E-state index in [1.54, 1.807) is 0 Å². The van der Waals surface area contributed by atoms with Gasteiger partial charge in [-0.15, -0.1) is 0 Å². The summed E-state index contributed by atoms with van der Waals surface area (Å²) in [4.78, 5) is 2.25. The first-order valence-corrected chi connectivity index (χ1v) is 3.75. The third kappa shape index (κ3) is 4.34. The molecule has 0 aliphatic heterocycles. The zero-order valence-corrected chi connectivity index (χ0v) is 7.09. The molecule has 0 amide bonds. The number of nitrogens with zero attached hydrogens (tertiary/aromatic N) is 2. The Morgan fingerprint density at radius 3 is 2.50 bits per heavy atom. The molecule has 0 saturated carbocycles. The summed E-state index contributed by atoms with van der Waals surface area (Å²) in [6.45, 7) is 5.35. The van der Waals surface area contributed by atoms with E-state index in [9.17, 15) is 0 Å². The van der Waals surface area contributed by atoms with Gasteiger partial charge in [0.1, 0.15) is 0 Å². The Morgan fingerprint density at radius 2 is 2.10 bits per heavy atom. The Hall–Kier alpha value is -0.550. The fraction of sp³-hybridized carbons (Fsp3) is 0.875. The van der Waals surface area contributed by atoms with Crippen LogP contribution in [0.15, 0.2) is 0 Å². The monoisotopic (exact) mass is 140 g/mol. The van der Waals surface area contributed by atoms with Gasteiger partial charge in [0.25, 0.3) is 0 Å². The van der Waals surface area contributed by atoms with Crippen molar-refractivity contribution in [3.05, 3.63) is 0 Å². The summed E-state index contributed by atoms with van der Waals surface area (Å²) < 4.78 is 0. The Labute approximate surface area is 63.4 Å². The van der Waals surface area contributed by atoms with E-state index in [1.165, 1.54) is 0 Å². The van der Waals surface area contributed by atoms with Gasteiger partial charge in [-0.2, -0.15) is 5.26 Å². The number of rotatable bonds is 4. The second-order valence-electron chi connectivity index (χ2n) is 2.84. The summed E-state index contributed by atoms with van der Waals surface area (Å²) in [6, 6.07) is 2.73. The molecule has 0 spiro atoms. The highest BCUT2D eigenvalue weighted by molar-refractivity contribution is 4.69. The lowest BCUT2D eigenvalue weighted by Crippen LogP contribution is -2.27. The quantitative estimate of drug-likeness (QED) is 0.555. The topological polar surface area (TPSA) is 27.0 Å². The highest BCUT2D eigenvalue weighted by Crippen LogP contribution is 1.96. The van der Waals surface area contributed by atoms with Gasteiger partial charge in [-0.1, -0.05) is 0 Å². The third-order valence-corrected chi connectivity index (χ3v) is 1.68. The van der Waals surface area contributed by atoms with Crippen molar-refractivity contribution in [3.63, 3.8) is 0 Å². The van der Waals surface area contributed by atoms with Crippen LogP contribution in [0.4, 0.5) is 0 Å². The maximum atomic E-state index is 8.25. The summed E-state index contributed by atoms with van der Waals surface area (Å²) in [5.74, 6) is 0. The van der Waals surface area contributed by atoms with Crippen LogP contribution in [-0.2, 0) is 0 Å². The van der Waals surface area contributed by atoms with E-state index < -0.39 is 0 Å². The van der Waals surface area contributed by atoms with Crippen LogP contribution in [0.5, 0.6) is 0 Å². The highest BCUT2D eigenvalue weighted by atomic mass is 15.1. The molecule has 0 radical (unpaired) electrons. The largest absolute Gasteiger partial charge is 0.304 e. The summed E-state index contributed by atoms with van der Waals surface area (Å²) in [5.41, 5.74) is 0. The van der Waals surface area contributed by atoms with Gasteiger partial charge in [0.05, 0.1) is 6.07 Å². The average Bonchev–Trinajstić information content (AvgIpc) is 1.88. The van der Waals surface area contributed by atoms with E-state index in [0.717, 1.165) is 13.0 Å². The maximum Gasteiger partial charge on any atom is 0.0622 e. The van der Waals surface area contributed by atoms with Crippen LogP contribution < -0.4 is 0 Å². The molecular weight excluding hydrogens is 124 g/mol. The predicted molar refractivity (Wildman–Crippen MR) is 42.6 cm³/mol. The minimum Gasteiger partial charge on any atom is -0.304 e. The molecule has 10 heavy (non-hydrogen) atoms. The second-order valence-corrected chi connectivity index (χ2v) is 2.84. The molecule has 0 atom stereocenters. The molecule has 58 valence electrons. The summed E-state index contributed by atoms with van der Waals surface area (Å²) >= 11 is 0. The average molecular weight is 140 g/mol. The van der Waals surface area contributed by atoms with E-state index in [2.05, 4.69) is 31.9 Å². The van der Waals surface area contributed by atoms with Crippen LogP contribution in [0.25, 0.3) is 0 Å². The lowest BCUT2D eigenvalue weighted by atomic mass is 10.3. The molecule has 0 aromatic heterocycles. The van der Waals surface area contributed by atoms with Crippen LogP contribution in [0.2, 0.25) is 0 Å². The van der Waals surface area contributed by atoms with Crippen molar-refractivity contribution in [1.29, 1.82) is 5.26 Å². The minimum absolute atomic E-state index is 0.596. The zero-order valence-electron chi connectivity index (χ0n) is 7.09. The van der Waals surface area contributed by atoms with Crippen molar-refractivity contribution in [2.24, 2.45) is 0 Å². The predicted octanol–water partition coefficient (Wildman–Crippen LogP) is 1.63. The van der Waals surface area contributed by atoms with Crippen molar-refractivity contribution in [2.45, 2.75) is 32.7 Å². The molecular formula is C8H16N2. The molecule has 0 unspecified atom stereocenters. The van der Waals surface area contributed by atoms with Crippen molar-refractivity contribution < 1.29 is 0 Å². The van der Waals surface area contributed by atoms with Crippen molar-refractivity contribution in [1.82, 2.24) is 4.90 Å². The maximum absolute atomic E-state index is 8.25. The van der Waals surface area contributed by atoms with E-state index in [-0.39, 0.29) is 0 Å². The first kappa shape index (κ1) is 9.45. The van der Waals surface area contributed by atoms with Crippen LogP contribution in [0.1, 0.15) is 26.7 Å².